The number of carbonyl (C=O) groups excluding carboxylic acids is 1. The molecule has 0 aliphatic rings. The van der Waals surface area contributed by atoms with Crippen molar-refractivity contribution in [3.8, 4) is 0 Å². The summed E-state index contributed by atoms with van der Waals surface area (Å²) in [7, 11) is 0. The Morgan fingerprint density at radius 3 is 2.83 bits per heavy atom. The fourth-order valence-corrected chi connectivity index (χ4v) is 3.33. The Kier molecular flexibility index (Phi) is 4.35. The minimum absolute atomic E-state index is 0.277. The molecule has 3 N–H and O–H groups in total. The van der Waals surface area contributed by atoms with Gasteiger partial charge in [-0.15, -0.1) is 23.1 Å². The van der Waals surface area contributed by atoms with Gasteiger partial charge in [0.2, 0.25) is 0 Å². The lowest BCUT2D eigenvalue weighted by Gasteiger charge is -1.97. The van der Waals surface area contributed by atoms with E-state index in [1.54, 1.807) is 11.8 Å². The highest BCUT2D eigenvalue weighted by Crippen LogP contribution is 2.26. The number of nitrogens with one attached hydrogen (secondary N) is 1. The first-order valence-electron chi connectivity index (χ1n) is 5.36. The summed E-state index contributed by atoms with van der Waals surface area (Å²) in [6, 6.07) is 10.1. The van der Waals surface area contributed by atoms with Crippen molar-refractivity contribution in [1.82, 2.24) is 10.4 Å². The molecule has 6 heteroatoms. The number of hydrogen-bond donors (Lipinski definition) is 2. The van der Waals surface area contributed by atoms with Gasteiger partial charge in [-0.25, -0.2) is 10.8 Å². The highest BCUT2D eigenvalue weighted by Gasteiger charge is 2.14. The molecule has 94 valence electrons. The summed E-state index contributed by atoms with van der Waals surface area (Å²) < 4.78 is 0. The third-order valence-corrected chi connectivity index (χ3v) is 4.65. The van der Waals surface area contributed by atoms with Gasteiger partial charge in [-0.1, -0.05) is 18.2 Å². The van der Waals surface area contributed by atoms with Gasteiger partial charge in [0, 0.05) is 4.90 Å². The van der Waals surface area contributed by atoms with Gasteiger partial charge >= 0.3 is 0 Å². The minimum Gasteiger partial charge on any atom is -0.289 e. The second-order valence-corrected chi connectivity index (χ2v) is 5.73. The maximum atomic E-state index is 11.4. The second-order valence-electron chi connectivity index (χ2n) is 3.60. The molecule has 0 unspecified atom stereocenters. The molecule has 1 heterocycles. The topological polar surface area (TPSA) is 68.0 Å². The van der Waals surface area contributed by atoms with Crippen LogP contribution in [0.1, 0.15) is 20.4 Å². The third-order valence-electron chi connectivity index (χ3n) is 2.28. The van der Waals surface area contributed by atoms with E-state index in [9.17, 15) is 4.79 Å². The predicted molar refractivity (Wildman–Crippen MR) is 74.5 cm³/mol. The maximum absolute atomic E-state index is 11.4. The van der Waals surface area contributed by atoms with E-state index in [0.717, 1.165) is 16.5 Å². The molecule has 1 aromatic carbocycles. The molecular formula is C12H13N3OS2. The lowest BCUT2D eigenvalue weighted by molar-refractivity contribution is 0.0957. The van der Waals surface area contributed by atoms with E-state index in [-0.39, 0.29) is 5.91 Å². The Morgan fingerprint density at radius 2 is 2.17 bits per heavy atom. The molecule has 0 aliphatic carbocycles. The molecule has 18 heavy (non-hydrogen) atoms. The monoisotopic (exact) mass is 279 g/mol. The van der Waals surface area contributed by atoms with Crippen LogP contribution in [0.2, 0.25) is 0 Å². The predicted octanol–water partition coefficient (Wildman–Crippen LogP) is 2.35. The van der Waals surface area contributed by atoms with Crippen molar-refractivity contribution in [3.63, 3.8) is 0 Å². The number of hydrazine groups is 1. The number of nitrogens with two attached hydrogens (primary N) is 1. The lowest BCUT2D eigenvalue weighted by Crippen LogP contribution is -2.29. The van der Waals surface area contributed by atoms with E-state index in [1.165, 1.54) is 16.2 Å². The van der Waals surface area contributed by atoms with E-state index < -0.39 is 0 Å². The fourth-order valence-electron chi connectivity index (χ4n) is 1.45. The Bertz CT molecular complexity index is 540. The van der Waals surface area contributed by atoms with Crippen LogP contribution in [0.25, 0.3) is 0 Å². The largest absolute Gasteiger partial charge is 0.289 e. The van der Waals surface area contributed by atoms with E-state index in [2.05, 4.69) is 22.5 Å². The number of aryl methyl sites for hydroxylation is 1. The zero-order valence-corrected chi connectivity index (χ0v) is 11.5. The number of carbonyl (C=O) groups is 1. The molecule has 0 bridgehead atoms. The lowest BCUT2D eigenvalue weighted by atomic mass is 10.4. The molecule has 0 saturated heterocycles. The zero-order valence-electron chi connectivity index (χ0n) is 9.84. The molecular weight excluding hydrogens is 266 g/mol. The fraction of sp³-hybridized carbons (Fsp3) is 0.167. The number of rotatable bonds is 4. The molecule has 0 radical (unpaired) electrons. The molecule has 0 fully saturated rings. The number of thiazole rings is 1. The Morgan fingerprint density at radius 1 is 1.44 bits per heavy atom. The summed E-state index contributed by atoms with van der Waals surface area (Å²) in [5, 5.41) is 0.931. The molecule has 1 amide bonds. The number of aromatic nitrogens is 1. The first-order valence-corrected chi connectivity index (χ1v) is 7.16. The number of nitrogen functional groups attached to an aromatic ring is 1. The van der Waals surface area contributed by atoms with E-state index in [4.69, 9.17) is 5.84 Å². The van der Waals surface area contributed by atoms with Crippen molar-refractivity contribution >= 4 is 29.0 Å². The average molecular weight is 279 g/mol. The summed E-state index contributed by atoms with van der Waals surface area (Å²) >= 11 is 3.09. The maximum Gasteiger partial charge on any atom is 0.277 e. The molecule has 0 aliphatic heterocycles. The number of amides is 1. The smallest absolute Gasteiger partial charge is 0.277 e. The van der Waals surface area contributed by atoms with Gasteiger partial charge in [0.25, 0.3) is 5.91 Å². The van der Waals surface area contributed by atoms with Crippen LogP contribution >= 0.6 is 23.1 Å². The van der Waals surface area contributed by atoms with Crippen LogP contribution in [0.4, 0.5) is 0 Å². The van der Waals surface area contributed by atoms with Gasteiger partial charge in [-0.3, -0.25) is 10.2 Å². The molecule has 2 rings (SSSR count). The van der Waals surface area contributed by atoms with Crippen molar-refractivity contribution < 1.29 is 4.79 Å². The molecule has 0 saturated carbocycles. The van der Waals surface area contributed by atoms with Crippen LogP contribution in [0.5, 0.6) is 0 Å². The summed E-state index contributed by atoms with van der Waals surface area (Å²) in [5.74, 6) is 5.60. The minimum atomic E-state index is -0.277. The molecule has 2 aromatic rings. The number of thioether (sulfide) groups is 1. The van der Waals surface area contributed by atoms with Crippen LogP contribution in [-0.4, -0.2) is 10.9 Å². The van der Waals surface area contributed by atoms with Crippen molar-refractivity contribution in [2.75, 3.05) is 0 Å². The normalized spacial score (nSPS) is 10.3. The Labute approximate surface area is 114 Å². The number of hydrogen-bond acceptors (Lipinski definition) is 5. The van der Waals surface area contributed by atoms with Crippen molar-refractivity contribution in [2.24, 2.45) is 5.84 Å². The van der Waals surface area contributed by atoms with Gasteiger partial charge in [0.05, 0.1) is 11.4 Å². The van der Waals surface area contributed by atoms with E-state index >= 15 is 0 Å². The first kappa shape index (κ1) is 13.1. The summed E-state index contributed by atoms with van der Waals surface area (Å²) in [6.45, 7) is 1.82. The van der Waals surface area contributed by atoms with Crippen LogP contribution in [-0.2, 0) is 5.75 Å². The highest BCUT2D eigenvalue weighted by atomic mass is 32.2. The van der Waals surface area contributed by atoms with Gasteiger partial charge in [0.15, 0.2) is 0 Å². The van der Waals surface area contributed by atoms with E-state index in [1.807, 2.05) is 25.1 Å². The van der Waals surface area contributed by atoms with Crippen LogP contribution in [0.3, 0.4) is 0 Å². The van der Waals surface area contributed by atoms with Crippen molar-refractivity contribution in [3.05, 3.63) is 45.9 Å². The van der Waals surface area contributed by atoms with Crippen LogP contribution < -0.4 is 11.3 Å². The number of benzene rings is 1. The highest BCUT2D eigenvalue weighted by molar-refractivity contribution is 7.98. The quantitative estimate of drug-likeness (QED) is 0.390. The van der Waals surface area contributed by atoms with Gasteiger partial charge in [-0.05, 0) is 19.1 Å². The summed E-state index contributed by atoms with van der Waals surface area (Å²) in [5.41, 5.74) is 2.86. The van der Waals surface area contributed by atoms with Gasteiger partial charge < -0.3 is 0 Å². The standard InChI is InChI=1S/C12H13N3OS2/c1-8-11(12(16)15-13)18-10(14-8)7-17-9-5-3-2-4-6-9/h2-6H,7,13H2,1H3,(H,15,16). The number of nitrogens with zero attached hydrogens (tertiary/aromatic N) is 1. The molecule has 4 nitrogen and oxygen atoms in total. The molecule has 0 spiro atoms. The average Bonchev–Trinajstić information content (AvgIpc) is 2.78. The van der Waals surface area contributed by atoms with Gasteiger partial charge in [-0.2, -0.15) is 0 Å². The molecule has 0 atom stereocenters. The van der Waals surface area contributed by atoms with Crippen molar-refractivity contribution in [2.45, 2.75) is 17.6 Å². The van der Waals surface area contributed by atoms with Crippen LogP contribution in [0.15, 0.2) is 35.2 Å². The summed E-state index contributed by atoms with van der Waals surface area (Å²) in [4.78, 5) is 17.6. The first-order chi connectivity index (χ1) is 8.70. The second kappa shape index (κ2) is 5.99. The Balaban J connectivity index is 2.05. The van der Waals surface area contributed by atoms with Crippen molar-refractivity contribution in [1.29, 1.82) is 0 Å². The third kappa shape index (κ3) is 3.10. The zero-order chi connectivity index (χ0) is 13.0. The molecule has 1 aromatic heterocycles. The Hall–Kier alpha value is -1.37. The van der Waals surface area contributed by atoms with Gasteiger partial charge in [0.1, 0.15) is 9.88 Å². The summed E-state index contributed by atoms with van der Waals surface area (Å²) in [6.07, 6.45) is 0. The van der Waals surface area contributed by atoms with Crippen LogP contribution in [0, 0.1) is 6.92 Å². The van der Waals surface area contributed by atoms with E-state index in [0.29, 0.717) is 4.88 Å². The SMILES string of the molecule is Cc1nc(CSc2ccccc2)sc1C(=O)NN.